The summed E-state index contributed by atoms with van der Waals surface area (Å²) in [6.45, 7) is 0.798. The maximum atomic E-state index is 12.6. The molecule has 4 nitrogen and oxygen atoms in total. The molecule has 2 heterocycles. The minimum Gasteiger partial charge on any atom is -0.478 e. The van der Waals surface area contributed by atoms with Crippen LogP contribution in [-0.2, 0) is 11.2 Å². The Balaban J connectivity index is 1.69. The Hall–Kier alpha value is -2.14. The van der Waals surface area contributed by atoms with Crippen LogP contribution in [0.5, 0.6) is 0 Å². The first-order valence-corrected chi connectivity index (χ1v) is 8.23. The summed E-state index contributed by atoms with van der Waals surface area (Å²) in [6.07, 6.45) is 2.37. The van der Waals surface area contributed by atoms with Gasteiger partial charge >= 0.3 is 5.97 Å². The van der Waals surface area contributed by atoms with Crippen LogP contribution in [0, 0.1) is 0 Å². The third-order valence-corrected chi connectivity index (χ3v) is 4.76. The molecule has 1 aromatic heterocycles. The average Bonchev–Trinajstić information content (AvgIpc) is 3.18. The standard InChI is InChI=1S/C17H17NO3S/c19-16(10-12-3-5-13(6-4-12)17(20)21)18-8-1-2-15(18)14-7-9-22-11-14/h3-7,9,11,15H,1-2,8,10H2,(H,20,21)/t15-/m0/s1. The first-order valence-electron chi connectivity index (χ1n) is 7.29. The summed E-state index contributed by atoms with van der Waals surface area (Å²) in [7, 11) is 0. The molecule has 0 spiro atoms. The monoisotopic (exact) mass is 315 g/mol. The largest absolute Gasteiger partial charge is 0.478 e. The summed E-state index contributed by atoms with van der Waals surface area (Å²) in [5.41, 5.74) is 2.32. The second-order valence-corrected chi connectivity index (χ2v) is 6.26. The van der Waals surface area contributed by atoms with Gasteiger partial charge in [0.15, 0.2) is 0 Å². The number of carboxylic acid groups (broad SMARTS) is 1. The molecule has 1 N–H and O–H groups in total. The van der Waals surface area contributed by atoms with E-state index in [4.69, 9.17) is 5.11 Å². The number of likely N-dealkylation sites (tertiary alicyclic amines) is 1. The third kappa shape index (κ3) is 3.04. The van der Waals surface area contributed by atoms with Crippen LogP contribution in [-0.4, -0.2) is 28.4 Å². The summed E-state index contributed by atoms with van der Waals surface area (Å²) < 4.78 is 0. The molecule has 0 radical (unpaired) electrons. The number of carbonyl (C=O) groups is 2. The number of carbonyl (C=O) groups excluding carboxylic acids is 1. The Kier molecular flexibility index (Phi) is 4.24. The highest BCUT2D eigenvalue weighted by Gasteiger charge is 2.29. The van der Waals surface area contributed by atoms with E-state index in [9.17, 15) is 9.59 Å². The van der Waals surface area contributed by atoms with E-state index in [0.717, 1.165) is 24.9 Å². The van der Waals surface area contributed by atoms with Gasteiger partial charge in [-0.2, -0.15) is 11.3 Å². The van der Waals surface area contributed by atoms with Crippen LogP contribution in [0.2, 0.25) is 0 Å². The van der Waals surface area contributed by atoms with Crippen molar-refractivity contribution in [3.63, 3.8) is 0 Å². The molecule has 1 atom stereocenters. The van der Waals surface area contributed by atoms with Gasteiger partial charge in [0.1, 0.15) is 0 Å². The quantitative estimate of drug-likeness (QED) is 0.941. The molecule has 1 amide bonds. The van der Waals surface area contributed by atoms with Gasteiger partial charge in [0.2, 0.25) is 5.91 Å². The Morgan fingerprint density at radius 3 is 2.64 bits per heavy atom. The maximum absolute atomic E-state index is 12.6. The highest BCUT2D eigenvalue weighted by atomic mass is 32.1. The van der Waals surface area contributed by atoms with Crippen molar-refractivity contribution in [1.82, 2.24) is 4.90 Å². The normalized spacial score (nSPS) is 17.6. The van der Waals surface area contributed by atoms with Crippen molar-refractivity contribution in [2.45, 2.75) is 25.3 Å². The minimum atomic E-state index is -0.949. The van der Waals surface area contributed by atoms with E-state index in [0.29, 0.717) is 6.42 Å². The van der Waals surface area contributed by atoms with Gasteiger partial charge in [-0.05, 0) is 52.9 Å². The highest BCUT2D eigenvalue weighted by Crippen LogP contribution is 2.33. The predicted octanol–water partition coefficient (Wildman–Crippen LogP) is 3.35. The summed E-state index contributed by atoms with van der Waals surface area (Å²) in [5.74, 6) is -0.841. The van der Waals surface area contributed by atoms with Crippen molar-refractivity contribution >= 4 is 23.2 Å². The third-order valence-electron chi connectivity index (χ3n) is 4.06. The molecule has 0 aliphatic carbocycles. The number of hydrogen-bond acceptors (Lipinski definition) is 3. The average molecular weight is 315 g/mol. The highest BCUT2D eigenvalue weighted by molar-refractivity contribution is 7.07. The lowest BCUT2D eigenvalue weighted by Crippen LogP contribution is -2.31. The molecule has 114 valence electrons. The molecule has 3 rings (SSSR count). The zero-order valence-corrected chi connectivity index (χ0v) is 12.9. The van der Waals surface area contributed by atoms with Crippen LogP contribution in [0.4, 0.5) is 0 Å². The molecule has 0 unspecified atom stereocenters. The van der Waals surface area contributed by atoms with Gasteiger partial charge in [0.25, 0.3) is 0 Å². The van der Waals surface area contributed by atoms with Crippen LogP contribution in [0.15, 0.2) is 41.1 Å². The molecule has 5 heteroatoms. The number of hydrogen-bond donors (Lipinski definition) is 1. The Labute approximate surface area is 133 Å². The fourth-order valence-corrected chi connectivity index (χ4v) is 3.62. The van der Waals surface area contributed by atoms with E-state index >= 15 is 0 Å². The SMILES string of the molecule is O=C(O)c1ccc(CC(=O)N2CCC[C@H]2c2ccsc2)cc1. The second kappa shape index (κ2) is 6.32. The fourth-order valence-electron chi connectivity index (χ4n) is 2.92. The van der Waals surface area contributed by atoms with Crippen LogP contribution in [0.1, 0.15) is 40.4 Å². The Bertz CT molecular complexity index is 664. The van der Waals surface area contributed by atoms with Crippen LogP contribution < -0.4 is 0 Å². The number of nitrogens with zero attached hydrogens (tertiary/aromatic N) is 1. The van der Waals surface area contributed by atoms with Crippen molar-refractivity contribution in [1.29, 1.82) is 0 Å². The topological polar surface area (TPSA) is 57.6 Å². The van der Waals surface area contributed by atoms with Crippen molar-refractivity contribution in [3.05, 3.63) is 57.8 Å². The fraction of sp³-hybridized carbons (Fsp3) is 0.294. The lowest BCUT2D eigenvalue weighted by molar-refractivity contribution is -0.131. The zero-order valence-electron chi connectivity index (χ0n) is 12.1. The zero-order chi connectivity index (χ0) is 15.5. The molecule has 0 saturated carbocycles. The molecule has 1 fully saturated rings. The van der Waals surface area contributed by atoms with Gasteiger partial charge in [-0.3, -0.25) is 4.79 Å². The molecule has 1 aromatic carbocycles. The molecule has 1 aliphatic rings. The summed E-state index contributed by atoms with van der Waals surface area (Å²) in [5, 5.41) is 13.0. The maximum Gasteiger partial charge on any atom is 0.335 e. The first-order chi connectivity index (χ1) is 10.6. The number of thiophene rings is 1. The Morgan fingerprint density at radius 1 is 1.23 bits per heavy atom. The lowest BCUT2D eigenvalue weighted by atomic mass is 10.1. The van der Waals surface area contributed by atoms with Gasteiger partial charge in [-0.1, -0.05) is 12.1 Å². The number of rotatable bonds is 4. The number of carboxylic acids is 1. The molecule has 1 saturated heterocycles. The van der Waals surface area contributed by atoms with Gasteiger partial charge in [-0.15, -0.1) is 0 Å². The summed E-state index contributed by atoms with van der Waals surface area (Å²) >= 11 is 1.65. The van der Waals surface area contributed by atoms with Crippen LogP contribution >= 0.6 is 11.3 Å². The van der Waals surface area contributed by atoms with E-state index in [1.807, 2.05) is 10.3 Å². The summed E-state index contributed by atoms with van der Waals surface area (Å²) in [6, 6.07) is 8.81. The van der Waals surface area contributed by atoms with E-state index < -0.39 is 5.97 Å². The second-order valence-electron chi connectivity index (χ2n) is 5.48. The first kappa shape index (κ1) is 14.8. The number of amides is 1. The van der Waals surface area contributed by atoms with Crippen LogP contribution in [0.25, 0.3) is 0 Å². The number of aromatic carboxylic acids is 1. The van der Waals surface area contributed by atoms with Crippen molar-refractivity contribution in [2.24, 2.45) is 0 Å². The van der Waals surface area contributed by atoms with Gasteiger partial charge < -0.3 is 10.0 Å². The van der Waals surface area contributed by atoms with Crippen molar-refractivity contribution in [2.75, 3.05) is 6.54 Å². The van der Waals surface area contributed by atoms with Gasteiger partial charge in [0.05, 0.1) is 18.0 Å². The lowest BCUT2D eigenvalue weighted by Gasteiger charge is -2.24. The van der Waals surface area contributed by atoms with E-state index in [-0.39, 0.29) is 17.5 Å². The van der Waals surface area contributed by atoms with Crippen molar-refractivity contribution in [3.8, 4) is 0 Å². The number of benzene rings is 1. The van der Waals surface area contributed by atoms with E-state index in [1.54, 1.807) is 35.6 Å². The van der Waals surface area contributed by atoms with E-state index in [2.05, 4.69) is 11.4 Å². The molecular weight excluding hydrogens is 298 g/mol. The minimum absolute atomic E-state index is 0.108. The molecule has 0 bridgehead atoms. The van der Waals surface area contributed by atoms with E-state index in [1.165, 1.54) is 5.56 Å². The van der Waals surface area contributed by atoms with Gasteiger partial charge in [0, 0.05) is 6.54 Å². The predicted molar refractivity (Wildman–Crippen MR) is 85.1 cm³/mol. The smallest absolute Gasteiger partial charge is 0.335 e. The molecule has 2 aromatic rings. The Morgan fingerprint density at radius 2 is 2.00 bits per heavy atom. The molecule has 22 heavy (non-hydrogen) atoms. The molecule has 1 aliphatic heterocycles. The van der Waals surface area contributed by atoms with Gasteiger partial charge in [-0.25, -0.2) is 4.79 Å². The molecular formula is C17H17NO3S. The van der Waals surface area contributed by atoms with Crippen molar-refractivity contribution < 1.29 is 14.7 Å². The summed E-state index contributed by atoms with van der Waals surface area (Å²) in [4.78, 5) is 25.3. The van der Waals surface area contributed by atoms with Crippen LogP contribution in [0.3, 0.4) is 0 Å².